The fourth-order valence-electron chi connectivity index (χ4n) is 1.13. The van der Waals surface area contributed by atoms with Gasteiger partial charge in [0.1, 0.15) is 5.82 Å². The van der Waals surface area contributed by atoms with Gasteiger partial charge in [-0.15, -0.1) is 0 Å². The maximum Gasteiger partial charge on any atom is 0.407 e. The number of nitrogens with one attached hydrogen (secondary N) is 1. The number of amides is 1. The summed E-state index contributed by atoms with van der Waals surface area (Å²) in [5.74, 6) is -0.367. The van der Waals surface area contributed by atoms with Crippen LogP contribution in [-0.2, 0) is 4.74 Å². The number of methoxy groups -OCH3 is 1. The van der Waals surface area contributed by atoms with E-state index in [1.807, 2.05) is 0 Å². The van der Waals surface area contributed by atoms with E-state index in [1.165, 1.54) is 31.4 Å². The number of halogens is 1. The molecule has 1 amide bonds. The minimum Gasteiger partial charge on any atom is -0.453 e. The highest BCUT2D eigenvalue weighted by Crippen LogP contribution is 2.12. The van der Waals surface area contributed by atoms with E-state index >= 15 is 0 Å². The Kier molecular flexibility index (Phi) is 4.05. The van der Waals surface area contributed by atoms with Crippen LogP contribution in [0.3, 0.4) is 0 Å². The molecule has 0 bridgehead atoms. The first-order chi connectivity index (χ1) is 7.17. The molecule has 1 aromatic carbocycles. The van der Waals surface area contributed by atoms with Crippen LogP contribution in [0.25, 0.3) is 0 Å². The Labute approximate surface area is 86.7 Å². The molecule has 82 valence electrons. The first kappa shape index (κ1) is 11.5. The van der Waals surface area contributed by atoms with Gasteiger partial charge in [-0.05, 0) is 17.7 Å². The molecule has 0 spiro atoms. The van der Waals surface area contributed by atoms with Gasteiger partial charge < -0.3 is 15.2 Å². The van der Waals surface area contributed by atoms with Crippen LogP contribution in [0.15, 0.2) is 24.3 Å². The van der Waals surface area contributed by atoms with Gasteiger partial charge in [-0.2, -0.15) is 0 Å². The second-order valence-electron chi connectivity index (χ2n) is 2.92. The van der Waals surface area contributed by atoms with Gasteiger partial charge in [-0.25, -0.2) is 9.18 Å². The summed E-state index contributed by atoms with van der Waals surface area (Å²) in [5.41, 5.74) is 0.615. The molecule has 0 heterocycles. The van der Waals surface area contributed by atoms with Crippen molar-refractivity contribution in [3.63, 3.8) is 0 Å². The number of rotatable bonds is 3. The third kappa shape index (κ3) is 3.21. The molecule has 0 aliphatic rings. The minimum atomic E-state index is -0.640. The van der Waals surface area contributed by atoms with Crippen molar-refractivity contribution in [1.82, 2.24) is 5.32 Å². The number of carbonyl (C=O) groups is 1. The zero-order chi connectivity index (χ0) is 11.3. The molecular formula is C10H12FNO3. The summed E-state index contributed by atoms with van der Waals surface area (Å²) in [7, 11) is 1.23. The van der Waals surface area contributed by atoms with Crippen molar-refractivity contribution in [3.8, 4) is 0 Å². The average molecular weight is 213 g/mol. The molecule has 1 aromatic rings. The lowest BCUT2D eigenvalue weighted by Gasteiger charge is -2.15. The Balaban J connectivity index is 2.74. The fraction of sp³-hybridized carbons (Fsp3) is 0.300. The standard InChI is InChI=1S/C10H12FNO3/c1-15-10(14)12-9(6-13)7-2-4-8(11)5-3-7/h2-5,9,13H,6H2,1H3,(H,12,14)/t9-/m1/s1. The lowest BCUT2D eigenvalue weighted by molar-refractivity contribution is 0.157. The van der Waals surface area contributed by atoms with E-state index in [0.29, 0.717) is 5.56 Å². The predicted octanol–water partition coefficient (Wildman–Crippen LogP) is 1.22. The van der Waals surface area contributed by atoms with Crippen LogP contribution in [0.5, 0.6) is 0 Å². The SMILES string of the molecule is COC(=O)N[C@H](CO)c1ccc(F)cc1. The highest BCUT2D eigenvalue weighted by molar-refractivity contribution is 5.67. The lowest BCUT2D eigenvalue weighted by Crippen LogP contribution is -2.30. The van der Waals surface area contributed by atoms with Gasteiger partial charge in [0.2, 0.25) is 0 Å². The van der Waals surface area contributed by atoms with Gasteiger partial charge in [0.15, 0.2) is 0 Å². The highest BCUT2D eigenvalue weighted by Gasteiger charge is 2.13. The van der Waals surface area contributed by atoms with Gasteiger partial charge in [0.05, 0.1) is 19.8 Å². The van der Waals surface area contributed by atoms with E-state index in [0.717, 1.165) is 0 Å². The molecule has 2 N–H and O–H groups in total. The normalized spacial score (nSPS) is 11.9. The second-order valence-corrected chi connectivity index (χ2v) is 2.92. The molecule has 1 rings (SSSR count). The van der Waals surface area contributed by atoms with Crippen LogP contribution in [0.4, 0.5) is 9.18 Å². The van der Waals surface area contributed by atoms with Crippen molar-refractivity contribution in [2.45, 2.75) is 6.04 Å². The number of carbonyl (C=O) groups excluding carboxylic acids is 1. The van der Waals surface area contributed by atoms with E-state index in [9.17, 15) is 9.18 Å². The van der Waals surface area contributed by atoms with E-state index in [2.05, 4.69) is 10.1 Å². The number of aliphatic hydroxyl groups is 1. The van der Waals surface area contributed by atoms with Crippen LogP contribution >= 0.6 is 0 Å². The van der Waals surface area contributed by atoms with Gasteiger partial charge in [0, 0.05) is 0 Å². The monoisotopic (exact) mass is 213 g/mol. The van der Waals surface area contributed by atoms with Crippen LogP contribution in [0, 0.1) is 5.82 Å². The lowest BCUT2D eigenvalue weighted by atomic mass is 10.1. The van der Waals surface area contributed by atoms with Crippen LogP contribution < -0.4 is 5.32 Å². The first-order valence-electron chi connectivity index (χ1n) is 4.38. The maximum atomic E-state index is 12.6. The largest absolute Gasteiger partial charge is 0.453 e. The quantitative estimate of drug-likeness (QED) is 0.793. The van der Waals surface area contributed by atoms with E-state index in [1.54, 1.807) is 0 Å². The van der Waals surface area contributed by atoms with Crippen molar-refractivity contribution in [2.75, 3.05) is 13.7 Å². The molecular weight excluding hydrogens is 201 g/mol. The summed E-state index contributed by atoms with van der Waals surface area (Å²) < 4.78 is 17.0. The van der Waals surface area contributed by atoms with Crippen LogP contribution in [0.1, 0.15) is 11.6 Å². The van der Waals surface area contributed by atoms with Crippen molar-refractivity contribution < 1.29 is 19.0 Å². The third-order valence-electron chi connectivity index (χ3n) is 1.93. The number of benzene rings is 1. The molecule has 0 aromatic heterocycles. The zero-order valence-corrected chi connectivity index (χ0v) is 8.24. The summed E-state index contributed by atoms with van der Waals surface area (Å²) in [6, 6.07) is 4.92. The Hall–Kier alpha value is -1.62. The van der Waals surface area contributed by atoms with E-state index in [4.69, 9.17) is 5.11 Å². The summed E-state index contributed by atoms with van der Waals surface area (Å²) in [5, 5.41) is 11.4. The number of hydrogen-bond acceptors (Lipinski definition) is 3. The Morgan fingerprint density at radius 1 is 1.53 bits per heavy atom. The van der Waals surface area contributed by atoms with Gasteiger partial charge in [0.25, 0.3) is 0 Å². The number of hydrogen-bond donors (Lipinski definition) is 2. The smallest absolute Gasteiger partial charge is 0.407 e. The van der Waals surface area contributed by atoms with Crippen molar-refractivity contribution >= 4 is 6.09 Å². The molecule has 1 atom stereocenters. The number of aliphatic hydroxyl groups excluding tert-OH is 1. The molecule has 0 unspecified atom stereocenters. The summed E-state index contributed by atoms with van der Waals surface area (Å²) in [4.78, 5) is 10.9. The fourth-order valence-corrected chi connectivity index (χ4v) is 1.13. The molecule has 0 radical (unpaired) electrons. The number of ether oxygens (including phenoxy) is 1. The molecule has 0 aliphatic heterocycles. The molecule has 0 saturated heterocycles. The molecule has 5 heteroatoms. The van der Waals surface area contributed by atoms with Crippen molar-refractivity contribution in [1.29, 1.82) is 0 Å². The predicted molar refractivity (Wildman–Crippen MR) is 51.8 cm³/mol. The third-order valence-corrected chi connectivity index (χ3v) is 1.93. The molecule has 4 nitrogen and oxygen atoms in total. The summed E-state index contributed by atoms with van der Waals surface area (Å²) >= 11 is 0. The van der Waals surface area contributed by atoms with Crippen LogP contribution in [-0.4, -0.2) is 24.9 Å². The summed E-state index contributed by atoms with van der Waals surface area (Å²) in [6.45, 7) is -0.277. The van der Waals surface area contributed by atoms with Gasteiger partial charge in [-0.1, -0.05) is 12.1 Å². The Morgan fingerprint density at radius 2 is 2.13 bits per heavy atom. The topological polar surface area (TPSA) is 58.6 Å². The zero-order valence-electron chi connectivity index (χ0n) is 8.24. The Bertz CT molecular complexity index is 326. The second kappa shape index (κ2) is 5.31. The van der Waals surface area contributed by atoms with Gasteiger partial charge >= 0.3 is 6.09 Å². The first-order valence-corrected chi connectivity index (χ1v) is 4.38. The molecule has 0 fully saturated rings. The molecule has 0 aliphatic carbocycles. The highest BCUT2D eigenvalue weighted by atomic mass is 19.1. The van der Waals surface area contributed by atoms with Gasteiger partial charge in [-0.3, -0.25) is 0 Å². The molecule has 0 saturated carbocycles. The maximum absolute atomic E-state index is 12.6. The number of alkyl carbamates (subject to hydrolysis) is 1. The van der Waals surface area contributed by atoms with E-state index < -0.39 is 12.1 Å². The molecule has 15 heavy (non-hydrogen) atoms. The summed E-state index contributed by atoms with van der Waals surface area (Å²) in [6.07, 6.45) is -0.640. The van der Waals surface area contributed by atoms with E-state index in [-0.39, 0.29) is 12.4 Å². The van der Waals surface area contributed by atoms with Crippen molar-refractivity contribution in [2.24, 2.45) is 0 Å². The van der Waals surface area contributed by atoms with Crippen LogP contribution in [0.2, 0.25) is 0 Å². The minimum absolute atomic E-state index is 0.277. The Morgan fingerprint density at radius 3 is 2.60 bits per heavy atom. The average Bonchev–Trinajstić information content (AvgIpc) is 2.27. The van der Waals surface area contributed by atoms with Crippen molar-refractivity contribution in [3.05, 3.63) is 35.6 Å².